The van der Waals surface area contributed by atoms with E-state index in [9.17, 15) is 10.2 Å². The molecular formula is C13H15BrO2. The summed E-state index contributed by atoms with van der Waals surface area (Å²) in [6, 6.07) is 4.03. The smallest absolute Gasteiger partial charge is 0.0818 e. The largest absolute Gasteiger partial charge is 0.388 e. The summed E-state index contributed by atoms with van der Waals surface area (Å²) in [7, 11) is 0. The molecule has 2 N–H and O–H groups in total. The van der Waals surface area contributed by atoms with Crippen LogP contribution >= 0.6 is 15.9 Å². The van der Waals surface area contributed by atoms with E-state index in [4.69, 9.17) is 0 Å². The lowest BCUT2D eigenvalue weighted by Crippen LogP contribution is -2.23. The molecule has 3 heteroatoms. The highest BCUT2D eigenvalue weighted by molar-refractivity contribution is 9.10. The number of rotatable bonds is 1. The molecule has 0 spiro atoms. The lowest BCUT2D eigenvalue weighted by atomic mass is 9.86. The van der Waals surface area contributed by atoms with Gasteiger partial charge in [0.05, 0.1) is 12.2 Å². The first-order valence-corrected chi connectivity index (χ1v) is 6.11. The van der Waals surface area contributed by atoms with Crippen molar-refractivity contribution in [1.82, 2.24) is 0 Å². The Bertz CT molecular complexity index is 405. The maximum absolute atomic E-state index is 9.87. The van der Waals surface area contributed by atoms with E-state index in [1.165, 1.54) is 0 Å². The number of benzene rings is 1. The SMILES string of the molecule is Cc1cc(Br)cc(C)c1C1C(O)C=CC1O. The van der Waals surface area contributed by atoms with Gasteiger partial charge in [-0.3, -0.25) is 0 Å². The molecule has 0 saturated carbocycles. The molecule has 1 aromatic rings. The van der Waals surface area contributed by atoms with Gasteiger partial charge in [-0.25, -0.2) is 0 Å². The first kappa shape index (κ1) is 11.8. The van der Waals surface area contributed by atoms with Crippen molar-refractivity contribution in [3.63, 3.8) is 0 Å². The van der Waals surface area contributed by atoms with Gasteiger partial charge in [0.15, 0.2) is 0 Å². The molecule has 1 aliphatic rings. The van der Waals surface area contributed by atoms with Crippen LogP contribution in [0.3, 0.4) is 0 Å². The van der Waals surface area contributed by atoms with Gasteiger partial charge in [-0.2, -0.15) is 0 Å². The fourth-order valence-corrected chi connectivity index (χ4v) is 3.15. The molecule has 0 fully saturated rings. The first-order valence-electron chi connectivity index (χ1n) is 5.32. The highest BCUT2D eigenvalue weighted by Gasteiger charge is 2.32. The van der Waals surface area contributed by atoms with Crippen LogP contribution < -0.4 is 0 Å². The third-order valence-electron chi connectivity index (χ3n) is 3.13. The Morgan fingerprint density at radius 1 is 1.00 bits per heavy atom. The molecule has 0 aliphatic heterocycles. The van der Waals surface area contributed by atoms with Crippen LogP contribution in [0.4, 0.5) is 0 Å². The molecule has 0 heterocycles. The lowest BCUT2D eigenvalue weighted by Gasteiger charge is -2.23. The van der Waals surface area contributed by atoms with Gasteiger partial charge in [0, 0.05) is 10.4 Å². The number of aliphatic hydroxyl groups is 2. The Hall–Kier alpha value is -0.640. The quantitative estimate of drug-likeness (QED) is 0.777. The van der Waals surface area contributed by atoms with Crippen molar-refractivity contribution in [3.05, 3.63) is 45.4 Å². The maximum atomic E-state index is 9.87. The van der Waals surface area contributed by atoms with Crippen molar-refractivity contribution in [3.8, 4) is 0 Å². The van der Waals surface area contributed by atoms with Gasteiger partial charge < -0.3 is 10.2 Å². The van der Waals surface area contributed by atoms with Crippen LogP contribution in [0, 0.1) is 13.8 Å². The second-order valence-electron chi connectivity index (χ2n) is 4.35. The molecule has 2 unspecified atom stereocenters. The summed E-state index contributed by atoms with van der Waals surface area (Å²) < 4.78 is 1.03. The Balaban J connectivity index is 2.48. The van der Waals surface area contributed by atoms with Crippen LogP contribution in [0.5, 0.6) is 0 Å². The Morgan fingerprint density at radius 3 is 1.88 bits per heavy atom. The molecule has 0 amide bonds. The van der Waals surface area contributed by atoms with Crippen molar-refractivity contribution in [2.24, 2.45) is 0 Å². The monoisotopic (exact) mass is 282 g/mol. The number of halogens is 1. The molecule has 0 bridgehead atoms. The summed E-state index contributed by atoms with van der Waals surface area (Å²) in [5, 5.41) is 19.7. The standard InChI is InChI=1S/C13H15BrO2/c1-7-5-9(14)6-8(2)12(7)13-10(15)3-4-11(13)16/h3-6,10-11,13,15-16H,1-2H3. The summed E-state index contributed by atoms with van der Waals surface area (Å²) in [4.78, 5) is 0. The minimum Gasteiger partial charge on any atom is -0.388 e. The van der Waals surface area contributed by atoms with Gasteiger partial charge >= 0.3 is 0 Å². The minimum atomic E-state index is -0.589. The second-order valence-corrected chi connectivity index (χ2v) is 5.26. The van der Waals surface area contributed by atoms with Crippen LogP contribution in [-0.2, 0) is 0 Å². The number of aryl methyl sites for hydroxylation is 2. The summed E-state index contributed by atoms with van der Waals surface area (Å²) in [6.45, 7) is 4.01. The van der Waals surface area contributed by atoms with Crippen molar-refractivity contribution in [2.45, 2.75) is 32.0 Å². The second kappa shape index (κ2) is 4.32. The third kappa shape index (κ3) is 1.95. The minimum absolute atomic E-state index is 0.229. The fraction of sp³-hybridized carbons (Fsp3) is 0.385. The van der Waals surface area contributed by atoms with Gasteiger partial charge in [-0.1, -0.05) is 28.1 Å². The van der Waals surface area contributed by atoms with Gasteiger partial charge in [0.1, 0.15) is 0 Å². The normalized spacial score (nSPS) is 28.7. The molecule has 2 nitrogen and oxygen atoms in total. The fourth-order valence-electron chi connectivity index (χ4n) is 2.46. The predicted molar refractivity (Wildman–Crippen MR) is 67.5 cm³/mol. The molecule has 16 heavy (non-hydrogen) atoms. The van der Waals surface area contributed by atoms with E-state index in [1.54, 1.807) is 12.2 Å². The Morgan fingerprint density at radius 2 is 1.44 bits per heavy atom. The van der Waals surface area contributed by atoms with E-state index >= 15 is 0 Å². The van der Waals surface area contributed by atoms with E-state index in [0.717, 1.165) is 21.2 Å². The average Bonchev–Trinajstić information content (AvgIpc) is 2.47. The molecular weight excluding hydrogens is 268 g/mol. The Kier molecular flexibility index (Phi) is 3.19. The van der Waals surface area contributed by atoms with Crippen LogP contribution in [0.2, 0.25) is 0 Å². The van der Waals surface area contributed by atoms with E-state index in [-0.39, 0.29) is 5.92 Å². The summed E-state index contributed by atoms with van der Waals surface area (Å²) in [5.41, 5.74) is 3.24. The lowest BCUT2D eigenvalue weighted by molar-refractivity contribution is 0.122. The zero-order valence-electron chi connectivity index (χ0n) is 9.31. The van der Waals surface area contributed by atoms with Crippen molar-refractivity contribution < 1.29 is 10.2 Å². The van der Waals surface area contributed by atoms with Crippen molar-refractivity contribution in [1.29, 1.82) is 0 Å². The number of aliphatic hydroxyl groups excluding tert-OH is 2. The van der Waals surface area contributed by atoms with Gasteiger partial charge in [-0.05, 0) is 42.7 Å². The van der Waals surface area contributed by atoms with Crippen LogP contribution in [-0.4, -0.2) is 22.4 Å². The zero-order chi connectivity index (χ0) is 11.9. The zero-order valence-corrected chi connectivity index (χ0v) is 10.9. The van der Waals surface area contributed by atoms with Crippen LogP contribution in [0.15, 0.2) is 28.8 Å². The van der Waals surface area contributed by atoms with E-state index in [2.05, 4.69) is 15.9 Å². The summed E-state index contributed by atoms with van der Waals surface area (Å²) in [5.74, 6) is -0.229. The number of hydrogen-bond donors (Lipinski definition) is 2. The molecule has 86 valence electrons. The molecule has 2 rings (SSSR count). The van der Waals surface area contributed by atoms with Gasteiger partial charge in [0.25, 0.3) is 0 Å². The summed E-state index contributed by atoms with van der Waals surface area (Å²) in [6.07, 6.45) is 2.15. The summed E-state index contributed by atoms with van der Waals surface area (Å²) >= 11 is 3.45. The third-order valence-corrected chi connectivity index (χ3v) is 3.59. The highest BCUT2D eigenvalue weighted by atomic mass is 79.9. The van der Waals surface area contributed by atoms with E-state index < -0.39 is 12.2 Å². The topological polar surface area (TPSA) is 40.5 Å². The van der Waals surface area contributed by atoms with Gasteiger partial charge in [-0.15, -0.1) is 0 Å². The van der Waals surface area contributed by atoms with Crippen molar-refractivity contribution >= 4 is 15.9 Å². The molecule has 1 aliphatic carbocycles. The molecule has 0 radical (unpaired) electrons. The molecule has 2 atom stereocenters. The number of hydrogen-bond acceptors (Lipinski definition) is 2. The van der Waals surface area contributed by atoms with Crippen LogP contribution in [0.25, 0.3) is 0 Å². The first-order chi connectivity index (χ1) is 7.50. The van der Waals surface area contributed by atoms with Crippen LogP contribution in [0.1, 0.15) is 22.6 Å². The Labute approximate surface area is 104 Å². The highest BCUT2D eigenvalue weighted by Crippen LogP contribution is 2.35. The predicted octanol–water partition coefficient (Wildman–Crippen LogP) is 2.44. The molecule has 1 aromatic carbocycles. The maximum Gasteiger partial charge on any atom is 0.0818 e. The molecule has 0 saturated heterocycles. The van der Waals surface area contributed by atoms with Gasteiger partial charge in [0.2, 0.25) is 0 Å². The molecule has 0 aromatic heterocycles. The average molecular weight is 283 g/mol. The van der Waals surface area contributed by atoms with E-state index in [0.29, 0.717) is 0 Å². The van der Waals surface area contributed by atoms with E-state index in [1.807, 2.05) is 26.0 Å². The van der Waals surface area contributed by atoms with Crippen molar-refractivity contribution in [2.75, 3.05) is 0 Å².